The van der Waals surface area contributed by atoms with E-state index in [1.165, 1.54) is 0 Å². The summed E-state index contributed by atoms with van der Waals surface area (Å²) in [5, 5.41) is 11.4. The fraction of sp³-hybridized carbons (Fsp3) is 0.429. The predicted molar refractivity (Wildman–Crippen MR) is 69.6 cm³/mol. The number of carboxylic acids is 1. The molecule has 0 fully saturated rings. The number of rotatable bonds is 6. The molecule has 2 N–H and O–H groups in total. The van der Waals surface area contributed by atoms with Gasteiger partial charge >= 0.3 is 5.97 Å². The first-order chi connectivity index (χ1) is 8.54. The molecule has 1 amide bonds. The number of aliphatic carboxylic acids is 1. The van der Waals surface area contributed by atoms with Crippen molar-refractivity contribution in [1.29, 1.82) is 0 Å². The van der Waals surface area contributed by atoms with Crippen LogP contribution in [0.4, 0.5) is 0 Å². The fourth-order valence-corrected chi connectivity index (χ4v) is 1.76. The third-order valence-corrected chi connectivity index (χ3v) is 2.81. The highest BCUT2D eigenvalue weighted by atomic mass is 16.4. The van der Waals surface area contributed by atoms with E-state index in [4.69, 9.17) is 5.11 Å². The van der Waals surface area contributed by atoms with Crippen LogP contribution in [-0.2, 0) is 11.2 Å². The first kappa shape index (κ1) is 14.2. The highest BCUT2D eigenvalue weighted by molar-refractivity contribution is 5.95. The predicted octanol–water partition coefficient (Wildman–Crippen LogP) is 2.23. The quantitative estimate of drug-likeness (QED) is 0.812. The van der Waals surface area contributed by atoms with Gasteiger partial charge in [-0.2, -0.15) is 0 Å². The van der Waals surface area contributed by atoms with Gasteiger partial charge in [0.25, 0.3) is 5.91 Å². The van der Waals surface area contributed by atoms with Gasteiger partial charge in [-0.3, -0.25) is 9.59 Å². The number of aryl methyl sites for hydroxylation is 1. The maximum atomic E-state index is 12.0. The average molecular weight is 249 g/mol. The van der Waals surface area contributed by atoms with E-state index in [0.29, 0.717) is 12.0 Å². The molecule has 1 aromatic carbocycles. The van der Waals surface area contributed by atoms with Crippen molar-refractivity contribution >= 4 is 11.9 Å². The molecule has 1 atom stereocenters. The number of carbonyl (C=O) groups excluding carboxylic acids is 1. The summed E-state index contributed by atoms with van der Waals surface area (Å²) in [5.41, 5.74) is 1.67. The summed E-state index contributed by atoms with van der Waals surface area (Å²) in [6, 6.07) is 7.31. The van der Waals surface area contributed by atoms with Crippen LogP contribution in [0.3, 0.4) is 0 Å². The number of carbonyl (C=O) groups is 2. The van der Waals surface area contributed by atoms with Crippen LogP contribution in [0.2, 0.25) is 0 Å². The van der Waals surface area contributed by atoms with Crippen molar-refractivity contribution in [2.45, 2.75) is 39.2 Å². The van der Waals surface area contributed by atoms with Crippen LogP contribution in [0.15, 0.2) is 24.3 Å². The number of amides is 1. The van der Waals surface area contributed by atoms with Gasteiger partial charge in [-0.05, 0) is 31.4 Å². The average Bonchev–Trinajstić information content (AvgIpc) is 2.36. The summed E-state index contributed by atoms with van der Waals surface area (Å²) in [5.74, 6) is -0.976. The Hall–Kier alpha value is -1.84. The Morgan fingerprint density at radius 1 is 1.33 bits per heavy atom. The summed E-state index contributed by atoms with van der Waals surface area (Å²) in [6.45, 7) is 3.81. The minimum absolute atomic E-state index is 0.0663. The van der Waals surface area contributed by atoms with E-state index in [2.05, 4.69) is 5.32 Å². The summed E-state index contributed by atoms with van der Waals surface area (Å²) < 4.78 is 0. The van der Waals surface area contributed by atoms with Gasteiger partial charge in [-0.25, -0.2) is 0 Å². The molecule has 1 aromatic rings. The normalized spacial score (nSPS) is 11.9. The monoisotopic (exact) mass is 249 g/mol. The van der Waals surface area contributed by atoms with Crippen LogP contribution in [0.5, 0.6) is 0 Å². The lowest BCUT2D eigenvalue weighted by molar-refractivity contribution is -0.137. The van der Waals surface area contributed by atoms with Gasteiger partial charge in [0.1, 0.15) is 0 Å². The molecule has 4 heteroatoms. The Balaban J connectivity index is 2.62. The topological polar surface area (TPSA) is 66.4 Å². The second-order valence-corrected chi connectivity index (χ2v) is 4.32. The van der Waals surface area contributed by atoms with E-state index in [1.807, 2.05) is 32.0 Å². The second-order valence-electron chi connectivity index (χ2n) is 4.32. The zero-order valence-electron chi connectivity index (χ0n) is 10.8. The lowest BCUT2D eigenvalue weighted by Crippen LogP contribution is -2.33. The van der Waals surface area contributed by atoms with Crippen molar-refractivity contribution in [2.24, 2.45) is 0 Å². The van der Waals surface area contributed by atoms with Crippen LogP contribution in [-0.4, -0.2) is 23.0 Å². The van der Waals surface area contributed by atoms with E-state index in [-0.39, 0.29) is 18.4 Å². The van der Waals surface area contributed by atoms with Gasteiger partial charge in [0.15, 0.2) is 0 Å². The van der Waals surface area contributed by atoms with Crippen LogP contribution in [0.1, 0.15) is 42.6 Å². The Bertz CT molecular complexity index is 429. The minimum atomic E-state index is -0.843. The standard InChI is InChI=1S/C14H19NO3/c1-3-11-6-4-5-7-12(11)14(18)15-10(2)8-9-13(16)17/h4-7,10H,3,8-9H2,1-2H3,(H,15,18)(H,16,17). The molecule has 0 bridgehead atoms. The number of carboxylic acid groups (broad SMARTS) is 1. The number of nitrogens with one attached hydrogen (secondary N) is 1. The largest absolute Gasteiger partial charge is 0.481 e. The number of hydrogen-bond donors (Lipinski definition) is 2. The van der Waals surface area contributed by atoms with Crippen LogP contribution in [0.25, 0.3) is 0 Å². The minimum Gasteiger partial charge on any atom is -0.481 e. The number of benzene rings is 1. The van der Waals surface area contributed by atoms with Gasteiger partial charge in [-0.15, -0.1) is 0 Å². The maximum Gasteiger partial charge on any atom is 0.303 e. The molecule has 4 nitrogen and oxygen atoms in total. The number of hydrogen-bond acceptors (Lipinski definition) is 2. The van der Waals surface area contributed by atoms with Gasteiger partial charge < -0.3 is 10.4 Å². The van der Waals surface area contributed by atoms with Crippen molar-refractivity contribution in [2.75, 3.05) is 0 Å². The van der Waals surface area contributed by atoms with E-state index >= 15 is 0 Å². The van der Waals surface area contributed by atoms with Crippen LogP contribution < -0.4 is 5.32 Å². The van der Waals surface area contributed by atoms with Crippen molar-refractivity contribution < 1.29 is 14.7 Å². The molecule has 0 aliphatic heterocycles. The second kappa shape index (κ2) is 6.79. The van der Waals surface area contributed by atoms with E-state index < -0.39 is 5.97 Å². The van der Waals surface area contributed by atoms with E-state index in [0.717, 1.165) is 12.0 Å². The molecule has 0 radical (unpaired) electrons. The van der Waals surface area contributed by atoms with Gasteiger partial charge in [-0.1, -0.05) is 25.1 Å². The molecular formula is C14H19NO3. The molecule has 0 saturated carbocycles. The van der Waals surface area contributed by atoms with Gasteiger partial charge in [0.05, 0.1) is 0 Å². The SMILES string of the molecule is CCc1ccccc1C(=O)NC(C)CCC(=O)O. The molecule has 98 valence electrons. The Kier molecular flexibility index (Phi) is 5.36. The Morgan fingerprint density at radius 3 is 2.61 bits per heavy atom. The molecule has 0 aliphatic carbocycles. The maximum absolute atomic E-state index is 12.0. The van der Waals surface area contributed by atoms with Crippen molar-refractivity contribution in [3.8, 4) is 0 Å². The van der Waals surface area contributed by atoms with Gasteiger partial charge in [0, 0.05) is 18.0 Å². The Labute approximate surface area is 107 Å². The molecule has 0 heterocycles. The van der Waals surface area contributed by atoms with E-state index in [1.54, 1.807) is 6.07 Å². The molecule has 0 aromatic heterocycles. The third-order valence-electron chi connectivity index (χ3n) is 2.81. The molecule has 1 unspecified atom stereocenters. The summed E-state index contributed by atoms with van der Waals surface area (Å²) in [6.07, 6.45) is 1.30. The molecule has 0 aliphatic rings. The Morgan fingerprint density at radius 2 is 2.00 bits per heavy atom. The van der Waals surface area contributed by atoms with E-state index in [9.17, 15) is 9.59 Å². The summed E-state index contributed by atoms with van der Waals surface area (Å²) in [7, 11) is 0. The van der Waals surface area contributed by atoms with Crippen LogP contribution in [0, 0.1) is 0 Å². The smallest absolute Gasteiger partial charge is 0.303 e. The third kappa shape index (κ3) is 4.20. The zero-order valence-corrected chi connectivity index (χ0v) is 10.8. The van der Waals surface area contributed by atoms with Crippen molar-refractivity contribution in [3.05, 3.63) is 35.4 Å². The summed E-state index contributed by atoms with van der Waals surface area (Å²) in [4.78, 5) is 22.5. The first-order valence-corrected chi connectivity index (χ1v) is 6.15. The molecule has 0 spiro atoms. The molecule has 1 rings (SSSR count). The molecule has 0 saturated heterocycles. The molecular weight excluding hydrogens is 230 g/mol. The highest BCUT2D eigenvalue weighted by Crippen LogP contribution is 2.10. The summed E-state index contributed by atoms with van der Waals surface area (Å²) >= 11 is 0. The van der Waals surface area contributed by atoms with Crippen LogP contribution >= 0.6 is 0 Å². The van der Waals surface area contributed by atoms with Gasteiger partial charge in [0.2, 0.25) is 0 Å². The zero-order chi connectivity index (χ0) is 13.5. The highest BCUT2D eigenvalue weighted by Gasteiger charge is 2.13. The van der Waals surface area contributed by atoms with Crippen molar-refractivity contribution in [3.63, 3.8) is 0 Å². The lowest BCUT2D eigenvalue weighted by Gasteiger charge is -2.14. The fourth-order valence-electron chi connectivity index (χ4n) is 1.76. The molecule has 18 heavy (non-hydrogen) atoms. The van der Waals surface area contributed by atoms with Crippen molar-refractivity contribution in [1.82, 2.24) is 5.32 Å². The lowest BCUT2D eigenvalue weighted by atomic mass is 10.0. The first-order valence-electron chi connectivity index (χ1n) is 6.15.